The molecule has 16 heavy (non-hydrogen) atoms. The molecule has 4 nitrogen and oxygen atoms in total. The van der Waals surface area contributed by atoms with Crippen LogP contribution in [0.4, 0.5) is 5.69 Å². The number of nitrogens with two attached hydrogens (primary N) is 1. The number of aromatic nitrogens is 1. The third kappa shape index (κ3) is 4.11. The lowest BCUT2D eigenvalue weighted by Gasteiger charge is -2.12. The van der Waals surface area contributed by atoms with Crippen molar-refractivity contribution in [2.75, 3.05) is 17.3 Å². The predicted molar refractivity (Wildman–Crippen MR) is 71.5 cm³/mol. The highest BCUT2D eigenvalue weighted by Crippen LogP contribution is 2.20. The molecular weight excluding hydrogens is 290 g/mol. The van der Waals surface area contributed by atoms with E-state index in [0.29, 0.717) is 12.1 Å². The van der Waals surface area contributed by atoms with Crippen LogP contribution in [0.2, 0.25) is 0 Å². The summed E-state index contributed by atoms with van der Waals surface area (Å²) in [4.78, 5) is 15.6. The van der Waals surface area contributed by atoms with Gasteiger partial charge in [0.25, 0.3) is 0 Å². The van der Waals surface area contributed by atoms with Gasteiger partial charge in [0, 0.05) is 12.4 Å². The summed E-state index contributed by atoms with van der Waals surface area (Å²) in [7, 11) is 0. The maximum absolute atomic E-state index is 11.7. The van der Waals surface area contributed by atoms with Crippen LogP contribution < -0.4 is 11.1 Å². The number of nitrogens with zero attached hydrogens (tertiary/aromatic N) is 1. The maximum Gasteiger partial charge on any atom is 0.241 e. The minimum Gasteiger partial charge on any atom is -0.324 e. The molecule has 0 radical (unpaired) electrons. The topological polar surface area (TPSA) is 68.0 Å². The molecule has 1 aromatic heterocycles. The van der Waals surface area contributed by atoms with Gasteiger partial charge in [0.15, 0.2) is 0 Å². The Morgan fingerprint density at radius 3 is 3.12 bits per heavy atom. The van der Waals surface area contributed by atoms with E-state index in [9.17, 15) is 4.79 Å². The zero-order valence-corrected chi connectivity index (χ0v) is 11.3. The molecule has 1 heterocycles. The van der Waals surface area contributed by atoms with Gasteiger partial charge in [-0.3, -0.25) is 9.78 Å². The Bertz CT molecular complexity index is 362. The molecule has 0 saturated heterocycles. The first kappa shape index (κ1) is 13.5. The van der Waals surface area contributed by atoms with Crippen LogP contribution in [-0.4, -0.2) is 28.9 Å². The Kier molecular flexibility index (Phi) is 5.79. The molecule has 1 aromatic rings. The van der Waals surface area contributed by atoms with Gasteiger partial charge in [-0.05, 0) is 40.4 Å². The molecule has 1 rings (SSSR count). The lowest BCUT2D eigenvalue weighted by atomic mass is 10.2. The van der Waals surface area contributed by atoms with Crippen LogP contribution >= 0.6 is 27.7 Å². The van der Waals surface area contributed by atoms with Gasteiger partial charge in [-0.2, -0.15) is 11.8 Å². The summed E-state index contributed by atoms with van der Waals surface area (Å²) in [6.45, 7) is 0. The Morgan fingerprint density at radius 1 is 1.75 bits per heavy atom. The molecular formula is C10H14BrN3OS. The minimum atomic E-state index is -0.465. The lowest BCUT2D eigenvalue weighted by Crippen LogP contribution is -2.36. The number of anilines is 1. The summed E-state index contributed by atoms with van der Waals surface area (Å²) in [5, 5.41) is 2.76. The molecule has 0 aliphatic heterocycles. The highest BCUT2D eigenvalue weighted by Gasteiger charge is 2.13. The number of nitrogens with one attached hydrogen (secondary N) is 1. The van der Waals surface area contributed by atoms with Crippen molar-refractivity contribution in [2.45, 2.75) is 12.5 Å². The van der Waals surface area contributed by atoms with Crippen molar-refractivity contribution in [1.29, 1.82) is 0 Å². The number of hydrogen-bond acceptors (Lipinski definition) is 4. The average molecular weight is 304 g/mol. The van der Waals surface area contributed by atoms with E-state index in [1.165, 1.54) is 0 Å². The van der Waals surface area contributed by atoms with Crippen molar-refractivity contribution < 1.29 is 4.79 Å². The van der Waals surface area contributed by atoms with E-state index in [4.69, 9.17) is 5.73 Å². The molecule has 1 amide bonds. The summed E-state index contributed by atoms with van der Waals surface area (Å²) < 4.78 is 0.750. The van der Waals surface area contributed by atoms with Gasteiger partial charge < -0.3 is 11.1 Å². The van der Waals surface area contributed by atoms with E-state index < -0.39 is 6.04 Å². The fraction of sp³-hybridized carbons (Fsp3) is 0.400. The average Bonchev–Trinajstić information content (AvgIpc) is 2.28. The molecule has 0 saturated carbocycles. The zero-order valence-electron chi connectivity index (χ0n) is 8.94. The summed E-state index contributed by atoms with van der Waals surface area (Å²) >= 11 is 4.98. The Hall–Kier alpha value is -0.590. The van der Waals surface area contributed by atoms with E-state index >= 15 is 0 Å². The molecule has 3 N–H and O–H groups in total. The van der Waals surface area contributed by atoms with Crippen molar-refractivity contribution in [3.05, 3.63) is 22.9 Å². The second-order valence-electron chi connectivity index (χ2n) is 3.23. The monoisotopic (exact) mass is 303 g/mol. The standard InChI is InChI=1S/C10H14BrN3OS/c1-16-5-3-8(12)10(15)14-9-2-4-13-6-7(9)11/h2,4,6,8H,3,5,12H2,1H3,(H,13,14,15)/t8-/m1/s1. The fourth-order valence-corrected chi connectivity index (χ4v) is 1.92. The number of pyridine rings is 1. The van der Waals surface area contributed by atoms with Crippen LogP contribution in [0.5, 0.6) is 0 Å². The number of halogens is 1. The van der Waals surface area contributed by atoms with Gasteiger partial charge in [0.05, 0.1) is 16.2 Å². The fourth-order valence-electron chi connectivity index (χ4n) is 1.08. The molecule has 0 unspecified atom stereocenters. The smallest absolute Gasteiger partial charge is 0.241 e. The third-order valence-corrected chi connectivity index (χ3v) is 3.28. The molecule has 0 spiro atoms. The van der Waals surface area contributed by atoms with Gasteiger partial charge in [-0.15, -0.1) is 0 Å². The highest BCUT2D eigenvalue weighted by molar-refractivity contribution is 9.10. The van der Waals surface area contributed by atoms with Gasteiger partial charge in [-0.25, -0.2) is 0 Å². The number of rotatable bonds is 5. The Labute approximate surface area is 108 Å². The first-order chi connectivity index (χ1) is 7.65. The minimum absolute atomic E-state index is 0.166. The summed E-state index contributed by atoms with van der Waals surface area (Å²) in [6.07, 6.45) is 5.91. The molecule has 0 aromatic carbocycles. The van der Waals surface area contributed by atoms with Crippen LogP contribution in [-0.2, 0) is 4.79 Å². The normalized spacial score (nSPS) is 12.2. The largest absolute Gasteiger partial charge is 0.324 e. The van der Waals surface area contributed by atoms with E-state index in [0.717, 1.165) is 10.2 Å². The second-order valence-corrected chi connectivity index (χ2v) is 5.07. The molecule has 0 bridgehead atoms. The van der Waals surface area contributed by atoms with Crippen LogP contribution in [0.1, 0.15) is 6.42 Å². The van der Waals surface area contributed by atoms with Gasteiger partial charge in [0.1, 0.15) is 0 Å². The first-order valence-electron chi connectivity index (χ1n) is 4.80. The van der Waals surface area contributed by atoms with Gasteiger partial charge in [-0.1, -0.05) is 0 Å². The molecule has 6 heteroatoms. The van der Waals surface area contributed by atoms with Crippen LogP contribution in [0.3, 0.4) is 0 Å². The first-order valence-corrected chi connectivity index (χ1v) is 6.98. The number of thioether (sulfide) groups is 1. The van der Waals surface area contributed by atoms with Crippen LogP contribution in [0.15, 0.2) is 22.9 Å². The summed E-state index contributed by atoms with van der Waals surface area (Å²) in [5.74, 6) is 0.715. The van der Waals surface area contributed by atoms with Crippen molar-refractivity contribution in [3.63, 3.8) is 0 Å². The Balaban J connectivity index is 2.54. The van der Waals surface area contributed by atoms with E-state index in [2.05, 4.69) is 26.2 Å². The Morgan fingerprint density at radius 2 is 2.50 bits per heavy atom. The lowest BCUT2D eigenvalue weighted by molar-refractivity contribution is -0.117. The van der Waals surface area contributed by atoms with Gasteiger partial charge in [0.2, 0.25) is 5.91 Å². The van der Waals surface area contributed by atoms with Crippen LogP contribution in [0.25, 0.3) is 0 Å². The number of carbonyl (C=O) groups excluding carboxylic acids is 1. The second kappa shape index (κ2) is 6.88. The molecule has 0 fully saturated rings. The van der Waals surface area contributed by atoms with E-state index in [1.54, 1.807) is 30.2 Å². The number of amides is 1. The van der Waals surface area contributed by atoms with E-state index in [-0.39, 0.29) is 5.91 Å². The third-order valence-electron chi connectivity index (χ3n) is 2.00. The zero-order chi connectivity index (χ0) is 12.0. The molecule has 88 valence electrons. The van der Waals surface area contributed by atoms with Crippen molar-refractivity contribution >= 4 is 39.3 Å². The SMILES string of the molecule is CSCC[C@@H](N)C(=O)Nc1ccncc1Br. The van der Waals surface area contributed by atoms with E-state index in [1.807, 2.05) is 6.26 Å². The summed E-state index contributed by atoms with van der Waals surface area (Å²) in [6, 6.07) is 1.26. The molecule has 1 atom stereocenters. The van der Waals surface area contributed by atoms with Crippen molar-refractivity contribution in [1.82, 2.24) is 4.98 Å². The maximum atomic E-state index is 11.7. The number of hydrogen-bond donors (Lipinski definition) is 2. The quantitative estimate of drug-likeness (QED) is 0.871. The van der Waals surface area contributed by atoms with Crippen LogP contribution in [0, 0.1) is 0 Å². The summed E-state index contributed by atoms with van der Waals surface area (Å²) in [5.41, 5.74) is 6.44. The van der Waals surface area contributed by atoms with Gasteiger partial charge >= 0.3 is 0 Å². The van der Waals surface area contributed by atoms with Crippen molar-refractivity contribution in [2.24, 2.45) is 5.73 Å². The highest BCUT2D eigenvalue weighted by atomic mass is 79.9. The van der Waals surface area contributed by atoms with Crippen molar-refractivity contribution in [3.8, 4) is 0 Å². The molecule has 0 aliphatic rings. The molecule has 0 aliphatic carbocycles. The number of carbonyl (C=O) groups is 1. The predicted octanol–water partition coefficient (Wildman–Crippen LogP) is 1.86.